The summed E-state index contributed by atoms with van der Waals surface area (Å²) < 4.78 is 18.4. The Morgan fingerprint density at radius 1 is 1.00 bits per heavy atom. The zero-order chi connectivity index (χ0) is 33.5. The van der Waals surface area contributed by atoms with Gasteiger partial charge in [-0.25, -0.2) is 4.79 Å². The van der Waals surface area contributed by atoms with E-state index in [2.05, 4.69) is 24.9 Å². The van der Waals surface area contributed by atoms with E-state index in [-0.39, 0.29) is 23.5 Å². The predicted molar refractivity (Wildman–Crippen MR) is 184 cm³/mol. The van der Waals surface area contributed by atoms with Gasteiger partial charge in [-0.3, -0.25) is 4.90 Å². The molecule has 262 valence electrons. The molecule has 1 aromatic carbocycles. The summed E-state index contributed by atoms with van der Waals surface area (Å²) in [5.74, 6) is 1.30. The molecular weight excluding hydrogens is 610 g/mol. The summed E-state index contributed by atoms with van der Waals surface area (Å²) in [5.41, 5.74) is 7.78. The lowest BCUT2D eigenvalue weighted by molar-refractivity contribution is -0.153. The molecule has 5 aliphatic rings. The summed E-state index contributed by atoms with van der Waals surface area (Å²) in [7, 11) is 0. The molecule has 5 heterocycles. The summed E-state index contributed by atoms with van der Waals surface area (Å²) >= 11 is 0. The molecule has 7 rings (SSSR count). The number of hydrogen-bond acceptors (Lipinski definition) is 11. The van der Waals surface area contributed by atoms with Gasteiger partial charge in [0.25, 0.3) is 0 Å². The van der Waals surface area contributed by atoms with Crippen molar-refractivity contribution in [2.45, 2.75) is 88.7 Å². The fourth-order valence-electron chi connectivity index (χ4n) is 8.19. The average molecular weight is 664 g/mol. The average Bonchev–Trinajstić information content (AvgIpc) is 3.02. The first-order chi connectivity index (χ1) is 23.0. The first-order valence-electron chi connectivity index (χ1n) is 17.9. The van der Waals surface area contributed by atoms with Crippen LogP contribution < -0.4 is 10.6 Å². The van der Waals surface area contributed by atoms with Gasteiger partial charge >= 0.3 is 6.09 Å². The number of rotatable bonds is 7. The van der Waals surface area contributed by atoms with Crippen LogP contribution in [-0.4, -0.2) is 131 Å². The third-order valence-electron chi connectivity index (χ3n) is 10.8. The van der Waals surface area contributed by atoms with E-state index in [4.69, 9.17) is 19.9 Å². The monoisotopic (exact) mass is 663 g/mol. The van der Waals surface area contributed by atoms with Crippen LogP contribution >= 0.6 is 0 Å². The second-order valence-electron chi connectivity index (χ2n) is 15.7. The van der Waals surface area contributed by atoms with E-state index < -0.39 is 5.60 Å². The summed E-state index contributed by atoms with van der Waals surface area (Å²) in [6.45, 7) is 14.7. The molecule has 1 amide bonds. The van der Waals surface area contributed by atoms with E-state index in [1.54, 1.807) is 12.1 Å². The number of carbonyl (C=O) groups excluding carboxylic acids is 1. The van der Waals surface area contributed by atoms with Gasteiger partial charge in [-0.15, -0.1) is 10.2 Å². The van der Waals surface area contributed by atoms with Crippen LogP contribution in [0.4, 0.5) is 16.3 Å². The number of aromatic hydroxyl groups is 1. The smallest absolute Gasteiger partial charge is 0.410 e. The van der Waals surface area contributed by atoms with Crippen molar-refractivity contribution in [2.75, 3.05) is 76.1 Å². The minimum atomic E-state index is -0.457. The molecule has 1 saturated carbocycles. The van der Waals surface area contributed by atoms with Crippen LogP contribution in [0.1, 0.15) is 59.3 Å². The third-order valence-corrected chi connectivity index (χ3v) is 10.8. The minimum Gasteiger partial charge on any atom is -0.507 e. The largest absolute Gasteiger partial charge is 0.507 e. The highest BCUT2D eigenvalue weighted by Gasteiger charge is 2.48. The zero-order valence-corrected chi connectivity index (χ0v) is 28.9. The topological polar surface area (TPSA) is 130 Å². The Morgan fingerprint density at radius 2 is 1.73 bits per heavy atom. The van der Waals surface area contributed by atoms with Gasteiger partial charge in [-0.05, 0) is 96.5 Å². The van der Waals surface area contributed by atoms with Crippen LogP contribution in [0.2, 0.25) is 0 Å². The molecule has 1 spiro atoms. The number of amides is 1. The molecule has 4 saturated heterocycles. The Bertz CT molecular complexity index is 1420. The van der Waals surface area contributed by atoms with Crippen molar-refractivity contribution < 1.29 is 24.1 Å². The molecule has 2 aromatic rings. The summed E-state index contributed by atoms with van der Waals surface area (Å²) in [5, 5.41) is 18.8. The number of para-hydroxylation sites is 1. The minimum absolute atomic E-state index is 0.178. The van der Waals surface area contributed by atoms with Gasteiger partial charge in [0.05, 0.1) is 30.2 Å². The molecule has 5 fully saturated rings. The molecule has 12 heteroatoms. The fraction of sp³-hybridized carbons (Fsp3) is 0.694. The number of piperidine rings is 2. The summed E-state index contributed by atoms with van der Waals surface area (Å²) in [4.78, 5) is 21.7. The molecular formula is C36H53N7O5. The van der Waals surface area contributed by atoms with Crippen LogP contribution in [0.3, 0.4) is 0 Å². The first kappa shape index (κ1) is 33.3. The van der Waals surface area contributed by atoms with Crippen LogP contribution in [0.5, 0.6) is 5.75 Å². The number of likely N-dealkylation sites (tertiary alicyclic amines) is 3. The lowest BCUT2D eigenvalue weighted by Crippen LogP contribution is -2.70. The SMILES string of the molecule is CC(C)(C)OC(=O)N1CCC(OC2CC(N3CCC(CN4CC5(C4)CN(c4cc(-c6ccccc6O)nnc4N)CCO5)CC3)C2)CC1. The third kappa shape index (κ3) is 7.51. The van der Waals surface area contributed by atoms with Crippen molar-refractivity contribution in [2.24, 2.45) is 5.92 Å². The Balaban J connectivity index is 0.810. The lowest BCUT2D eigenvalue weighted by atomic mass is 9.84. The summed E-state index contributed by atoms with van der Waals surface area (Å²) in [6.07, 6.45) is 6.93. The van der Waals surface area contributed by atoms with Gasteiger partial charge in [0, 0.05) is 57.4 Å². The van der Waals surface area contributed by atoms with Gasteiger partial charge in [0.15, 0.2) is 5.82 Å². The molecule has 1 aromatic heterocycles. The maximum absolute atomic E-state index is 12.4. The Hall–Kier alpha value is -3.19. The number of nitrogens with two attached hydrogens (primary N) is 1. The molecule has 4 aliphatic heterocycles. The van der Waals surface area contributed by atoms with E-state index >= 15 is 0 Å². The predicted octanol–water partition coefficient (Wildman–Crippen LogP) is 3.98. The standard InChI is InChI=1S/C36H53N7O5/c1-35(2,3)48-34(45)42-14-10-27(11-15-42)47-28-18-26(19-28)41-12-8-25(9-13-41)21-40-22-36(23-40)24-43(16-17-46-36)31-20-30(38-39-33(31)37)29-6-4-5-7-32(29)44/h4-7,20,25-28,44H,8-19,21-24H2,1-3H3,(H2,37,39). The zero-order valence-electron chi connectivity index (χ0n) is 28.9. The lowest BCUT2D eigenvalue weighted by Gasteiger charge is -2.55. The van der Waals surface area contributed by atoms with Crippen molar-refractivity contribution >= 4 is 17.6 Å². The number of ether oxygens (including phenoxy) is 3. The highest BCUT2D eigenvalue weighted by Crippen LogP contribution is 2.38. The molecule has 0 bridgehead atoms. The molecule has 1 aliphatic carbocycles. The van der Waals surface area contributed by atoms with E-state index in [0.717, 1.165) is 70.0 Å². The number of nitrogen functional groups attached to an aromatic ring is 1. The van der Waals surface area contributed by atoms with Crippen LogP contribution in [-0.2, 0) is 14.2 Å². The molecule has 0 unspecified atom stereocenters. The van der Waals surface area contributed by atoms with Crippen molar-refractivity contribution in [1.29, 1.82) is 0 Å². The highest BCUT2D eigenvalue weighted by atomic mass is 16.6. The highest BCUT2D eigenvalue weighted by molar-refractivity contribution is 5.74. The van der Waals surface area contributed by atoms with Crippen molar-refractivity contribution in [3.63, 3.8) is 0 Å². The number of phenols is 1. The number of nitrogens with zero attached hydrogens (tertiary/aromatic N) is 6. The van der Waals surface area contributed by atoms with E-state index in [1.807, 2.05) is 43.9 Å². The van der Waals surface area contributed by atoms with Gasteiger partial charge in [-0.1, -0.05) is 12.1 Å². The van der Waals surface area contributed by atoms with E-state index in [0.29, 0.717) is 48.9 Å². The molecule has 3 N–H and O–H groups in total. The maximum Gasteiger partial charge on any atom is 0.410 e. The number of benzene rings is 1. The molecule has 0 radical (unpaired) electrons. The van der Waals surface area contributed by atoms with Gasteiger partial charge < -0.3 is 39.8 Å². The van der Waals surface area contributed by atoms with Gasteiger partial charge in [0.1, 0.15) is 17.0 Å². The van der Waals surface area contributed by atoms with Crippen LogP contribution in [0.15, 0.2) is 30.3 Å². The quantitative estimate of drug-likeness (QED) is 0.446. The number of morpholine rings is 1. The Labute approximate surface area is 284 Å². The number of carbonyl (C=O) groups is 1. The normalized spacial score (nSPS) is 25.9. The maximum atomic E-state index is 12.4. The number of phenolic OH excluding ortho intramolecular Hbond substituents is 1. The Kier molecular flexibility index (Phi) is 9.45. The van der Waals surface area contributed by atoms with Crippen molar-refractivity contribution in [3.8, 4) is 17.0 Å². The van der Waals surface area contributed by atoms with Crippen LogP contribution in [0, 0.1) is 5.92 Å². The number of aromatic nitrogens is 2. The van der Waals surface area contributed by atoms with Gasteiger partial charge in [0.2, 0.25) is 0 Å². The number of hydrogen-bond donors (Lipinski definition) is 2. The first-order valence-corrected chi connectivity index (χ1v) is 17.9. The fourth-order valence-corrected chi connectivity index (χ4v) is 8.19. The number of anilines is 2. The molecule has 0 atom stereocenters. The second-order valence-corrected chi connectivity index (χ2v) is 15.7. The molecule has 12 nitrogen and oxygen atoms in total. The second kappa shape index (κ2) is 13.6. The summed E-state index contributed by atoms with van der Waals surface area (Å²) in [6, 6.07) is 9.76. The van der Waals surface area contributed by atoms with Crippen molar-refractivity contribution in [3.05, 3.63) is 30.3 Å². The van der Waals surface area contributed by atoms with E-state index in [1.165, 1.54) is 25.9 Å². The van der Waals surface area contributed by atoms with E-state index in [9.17, 15) is 9.90 Å². The Morgan fingerprint density at radius 3 is 2.44 bits per heavy atom. The van der Waals surface area contributed by atoms with Gasteiger partial charge in [-0.2, -0.15) is 0 Å². The molecule has 48 heavy (non-hydrogen) atoms. The van der Waals surface area contributed by atoms with Crippen molar-refractivity contribution in [1.82, 2.24) is 24.9 Å². The van der Waals surface area contributed by atoms with Crippen LogP contribution in [0.25, 0.3) is 11.3 Å².